The molecule has 0 saturated heterocycles. The van der Waals surface area contributed by atoms with E-state index >= 15 is 0 Å². The second-order valence-electron chi connectivity index (χ2n) is 4.46. The molecular weight excluding hydrogens is 336 g/mol. The summed E-state index contributed by atoms with van der Waals surface area (Å²) in [7, 11) is 0. The van der Waals surface area contributed by atoms with Crippen molar-refractivity contribution >= 4 is 52.3 Å². The van der Waals surface area contributed by atoms with Crippen molar-refractivity contribution in [3.8, 4) is 0 Å². The maximum atomic E-state index is 11.7. The Morgan fingerprint density at radius 2 is 1.86 bits per heavy atom. The Balaban J connectivity index is 1.89. The van der Waals surface area contributed by atoms with Gasteiger partial charge in [-0.1, -0.05) is 41.6 Å². The van der Waals surface area contributed by atoms with Crippen LogP contribution in [0.15, 0.2) is 68.2 Å². The number of carbonyl (C=O) groups excluding carboxylic acids is 1. The highest BCUT2D eigenvalue weighted by Crippen LogP contribution is 2.34. The molecule has 0 fully saturated rings. The fourth-order valence-electron chi connectivity index (χ4n) is 1.89. The zero-order valence-electron chi connectivity index (χ0n) is 11.3. The summed E-state index contributed by atoms with van der Waals surface area (Å²) < 4.78 is 0. The van der Waals surface area contributed by atoms with E-state index in [-0.39, 0.29) is 5.91 Å². The van der Waals surface area contributed by atoms with Gasteiger partial charge in [0.25, 0.3) is 5.91 Å². The van der Waals surface area contributed by atoms with Crippen molar-refractivity contribution < 1.29 is 4.79 Å². The van der Waals surface area contributed by atoms with Gasteiger partial charge < -0.3 is 5.73 Å². The molecule has 0 atom stereocenters. The molecule has 1 aliphatic rings. The van der Waals surface area contributed by atoms with Crippen LogP contribution in [-0.2, 0) is 4.79 Å². The van der Waals surface area contributed by atoms with Gasteiger partial charge in [0.1, 0.15) is 0 Å². The van der Waals surface area contributed by atoms with Crippen molar-refractivity contribution in [2.45, 2.75) is 9.79 Å². The predicted octanol–water partition coefficient (Wildman–Crippen LogP) is 4.42. The second kappa shape index (κ2) is 6.60. The predicted molar refractivity (Wildman–Crippen MR) is 94.2 cm³/mol. The van der Waals surface area contributed by atoms with Gasteiger partial charge in [-0.05, 0) is 53.7 Å². The highest BCUT2D eigenvalue weighted by Gasteiger charge is 2.19. The SMILES string of the molecule is NC1=NC(=O)C(=Cc2ccccc2Sc2ccc(Cl)cc2)S1. The number of hydrogen-bond donors (Lipinski definition) is 1. The maximum absolute atomic E-state index is 11.7. The van der Waals surface area contributed by atoms with Gasteiger partial charge in [0, 0.05) is 14.8 Å². The second-order valence-corrected chi connectivity index (χ2v) is 7.07. The Labute approximate surface area is 141 Å². The molecule has 0 aromatic heterocycles. The van der Waals surface area contributed by atoms with E-state index in [0.29, 0.717) is 15.1 Å². The lowest BCUT2D eigenvalue weighted by atomic mass is 10.2. The maximum Gasteiger partial charge on any atom is 0.286 e. The molecular formula is C16H11ClN2OS2. The van der Waals surface area contributed by atoms with Crippen LogP contribution in [0.25, 0.3) is 6.08 Å². The number of halogens is 1. The van der Waals surface area contributed by atoms with Crippen molar-refractivity contribution in [2.75, 3.05) is 0 Å². The van der Waals surface area contributed by atoms with Crippen LogP contribution in [0.3, 0.4) is 0 Å². The average Bonchev–Trinajstić information content (AvgIpc) is 2.81. The Morgan fingerprint density at radius 1 is 1.14 bits per heavy atom. The third-order valence-corrected chi connectivity index (χ3v) is 5.05. The summed E-state index contributed by atoms with van der Waals surface area (Å²) in [5, 5.41) is 0.999. The van der Waals surface area contributed by atoms with Crippen molar-refractivity contribution in [3.05, 3.63) is 64.0 Å². The van der Waals surface area contributed by atoms with Gasteiger partial charge in [-0.15, -0.1) is 0 Å². The highest BCUT2D eigenvalue weighted by atomic mass is 35.5. The lowest BCUT2D eigenvalue weighted by molar-refractivity contribution is -0.113. The van der Waals surface area contributed by atoms with Gasteiger partial charge in [0.05, 0.1) is 4.91 Å². The first-order valence-corrected chi connectivity index (χ1v) is 8.43. The lowest BCUT2D eigenvalue weighted by Gasteiger charge is -2.06. The molecule has 110 valence electrons. The number of aliphatic imine (C=N–C) groups is 1. The summed E-state index contributed by atoms with van der Waals surface area (Å²) in [6.45, 7) is 0. The number of rotatable bonds is 3. The van der Waals surface area contributed by atoms with Crippen molar-refractivity contribution in [3.63, 3.8) is 0 Å². The molecule has 2 N–H and O–H groups in total. The average molecular weight is 347 g/mol. The molecule has 0 spiro atoms. The van der Waals surface area contributed by atoms with Crippen molar-refractivity contribution in [2.24, 2.45) is 10.7 Å². The number of amides is 1. The number of nitrogens with two attached hydrogens (primary N) is 1. The van der Waals surface area contributed by atoms with E-state index in [2.05, 4.69) is 4.99 Å². The molecule has 1 amide bonds. The smallest absolute Gasteiger partial charge is 0.286 e. The summed E-state index contributed by atoms with van der Waals surface area (Å²) in [4.78, 5) is 18.1. The summed E-state index contributed by atoms with van der Waals surface area (Å²) in [5.74, 6) is -0.284. The Bertz CT molecular complexity index is 785. The van der Waals surface area contributed by atoms with Crippen LogP contribution in [0, 0.1) is 0 Å². The third-order valence-electron chi connectivity index (χ3n) is 2.88. The monoisotopic (exact) mass is 346 g/mol. The zero-order valence-corrected chi connectivity index (χ0v) is 13.7. The molecule has 6 heteroatoms. The van der Waals surface area contributed by atoms with Crippen LogP contribution in [0.4, 0.5) is 0 Å². The van der Waals surface area contributed by atoms with Gasteiger partial charge in [-0.3, -0.25) is 4.79 Å². The van der Waals surface area contributed by atoms with E-state index in [0.717, 1.165) is 15.4 Å². The zero-order chi connectivity index (χ0) is 15.5. The molecule has 0 bridgehead atoms. The topological polar surface area (TPSA) is 55.4 Å². The number of hydrogen-bond acceptors (Lipinski definition) is 4. The number of carbonyl (C=O) groups is 1. The summed E-state index contributed by atoms with van der Waals surface area (Å²) in [6, 6.07) is 15.5. The first kappa shape index (κ1) is 15.2. The van der Waals surface area contributed by atoms with Crippen molar-refractivity contribution in [1.82, 2.24) is 0 Å². The standard InChI is InChI=1S/C16H11ClN2OS2/c17-11-5-7-12(8-6-11)21-13-4-2-1-3-10(13)9-14-15(20)19-16(18)22-14/h1-9H,(H2,18,19,20). The van der Waals surface area contributed by atoms with Gasteiger partial charge in [0.15, 0.2) is 5.17 Å². The molecule has 0 unspecified atom stereocenters. The molecule has 3 rings (SSSR count). The molecule has 1 heterocycles. The first-order valence-electron chi connectivity index (χ1n) is 6.42. The summed E-state index contributed by atoms with van der Waals surface area (Å²) in [6.07, 6.45) is 1.83. The fourth-order valence-corrected chi connectivity index (χ4v) is 3.61. The normalized spacial score (nSPS) is 16.1. The van der Waals surface area contributed by atoms with Gasteiger partial charge in [-0.2, -0.15) is 4.99 Å². The van der Waals surface area contributed by atoms with E-state index in [9.17, 15) is 4.79 Å². The number of thioether (sulfide) groups is 1. The Kier molecular flexibility index (Phi) is 4.57. The minimum absolute atomic E-state index is 0.284. The van der Waals surface area contributed by atoms with Crippen LogP contribution in [-0.4, -0.2) is 11.1 Å². The van der Waals surface area contributed by atoms with Crippen LogP contribution >= 0.6 is 35.1 Å². The summed E-state index contributed by atoms with van der Waals surface area (Å²) >= 11 is 8.72. The third kappa shape index (κ3) is 3.55. The van der Waals surface area contributed by atoms with Crippen LogP contribution < -0.4 is 5.73 Å². The fraction of sp³-hybridized carbons (Fsp3) is 0. The van der Waals surface area contributed by atoms with Crippen LogP contribution in [0.2, 0.25) is 5.02 Å². The highest BCUT2D eigenvalue weighted by molar-refractivity contribution is 8.18. The quantitative estimate of drug-likeness (QED) is 0.836. The van der Waals surface area contributed by atoms with Gasteiger partial charge in [-0.25, -0.2) is 0 Å². The molecule has 22 heavy (non-hydrogen) atoms. The van der Waals surface area contributed by atoms with Crippen LogP contribution in [0.5, 0.6) is 0 Å². The van der Waals surface area contributed by atoms with E-state index in [1.165, 1.54) is 11.8 Å². The molecule has 1 aliphatic heterocycles. The van der Waals surface area contributed by atoms with E-state index < -0.39 is 0 Å². The molecule has 2 aromatic rings. The van der Waals surface area contributed by atoms with Crippen molar-refractivity contribution in [1.29, 1.82) is 0 Å². The number of nitrogens with zero attached hydrogens (tertiary/aromatic N) is 1. The largest absolute Gasteiger partial charge is 0.378 e. The van der Waals surface area contributed by atoms with Gasteiger partial charge >= 0.3 is 0 Å². The molecule has 2 aromatic carbocycles. The van der Waals surface area contributed by atoms with E-state index in [4.69, 9.17) is 17.3 Å². The molecule has 0 radical (unpaired) electrons. The lowest BCUT2D eigenvalue weighted by Crippen LogP contribution is -2.01. The summed E-state index contributed by atoms with van der Waals surface area (Å²) in [5.41, 5.74) is 6.54. The van der Waals surface area contributed by atoms with Crippen LogP contribution in [0.1, 0.15) is 5.56 Å². The number of benzene rings is 2. The van der Waals surface area contributed by atoms with E-state index in [1.807, 2.05) is 54.6 Å². The Hall–Kier alpha value is -1.69. The van der Waals surface area contributed by atoms with E-state index in [1.54, 1.807) is 11.8 Å². The minimum atomic E-state index is -0.284. The number of amidine groups is 1. The molecule has 3 nitrogen and oxygen atoms in total. The molecule has 0 aliphatic carbocycles. The Morgan fingerprint density at radius 3 is 2.55 bits per heavy atom. The molecule has 0 saturated carbocycles. The van der Waals surface area contributed by atoms with Gasteiger partial charge in [0.2, 0.25) is 0 Å². The first-order chi connectivity index (χ1) is 10.6. The minimum Gasteiger partial charge on any atom is -0.378 e.